The van der Waals surface area contributed by atoms with E-state index in [9.17, 15) is 0 Å². The molecule has 2 heteroatoms. The second-order valence-corrected chi connectivity index (χ2v) is 8.02. The fourth-order valence-corrected chi connectivity index (χ4v) is 4.05. The van der Waals surface area contributed by atoms with Gasteiger partial charge in [-0.05, 0) is 57.3 Å². The van der Waals surface area contributed by atoms with Gasteiger partial charge in [-0.15, -0.1) is 0 Å². The van der Waals surface area contributed by atoms with Gasteiger partial charge in [-0.1, -0.05) is 34.1 Å². The Hall–Kier alpha value is -0.0800. The minimum absolute atomic E-state index is 0.163. The molecule has 1 aliphatic heterocycles. The highest BCUT2D eigenvalue weighted by Crippen LogP contribution is 2.53. The molecule has 19 heavy (non-hydrogen) atoms. The van der Waals surface area contributed by atoms with Crippen molar-refractivity contribution in [3.8, 4) is 0 Å². The third kappa shape index (κ3) is 2.58. The minimum atomic E-state index is -0.442. The zero-order valence-corrected chi connectivity index (χ0v) is 13.9. The van der Waals surface area contributed by atoms with Crippen molar-refractivity contribution in [3.05, 3.63) is 0 Å². The number of hydrogen-bond acceptors (Lipinski definition) is 2. The summed E-state index contributed by atoms with van der Waals surface area (Å²) in [6.45, 7) is 15.8. The molecule has 4 atom stereocenters. The number of fused-ring (bicyclic) bond motifs is 1. The average Bonchev–Trinajstić information content (AvgIpc) is 2.53. The van der Waals surface area contributed by atoms with Crippen LogP contribution >= 0.6 is 0 Å². The van der Waals surface area contributed by atoms with Crippen molar-refractivity contribution >= 4 is 0 Å². The Morgan fingerprint density at radius 2 is 1.74 bits per heavy atom. The number of ether oxygens (including phenoxy) is 2. The monoisotopic (exact) mass is 268 g/mol. The van der Waals surface area contributed by atoms with Gasteiger partial charge in [-0.2, -0.15) is 0 Å². The first-order chi connectivity index (χ1) is 8.61. The molecule has 0 bridgehead atoms. The lowest BCUT2D eigenvalue weighted by atomic mass is 9.64. The van der Waals surface area contributed by atoms with Crippen LogP contribution < -0.4 is 0 Å². The van der Waals surface area contributed by atoms with Gasteiger partial charge in [0.25, 0.3) is 0 Å². The van der Waals surface area contributed by atoms with Crippen molar-refractivity contribution in [2.24, 2.45) is 17.3 Å². The minimum Gasteiger partial charge on any atom is -0.344 e. The van der Waals surface area contributed by atoms with E-state index in [-0.39, 0.29) is 17.1 Å². The molecule has 2 nitrogen and oxygen atoms in total. The Labute approximate surface area is 119 Å². The number of rotatable bonds is 1. The summed E-state index contributed by atoms with van der Waals surface area (Å²) in [5.74, 6) is 1.11. The van der Waals surface area contributed by atoms with E-state index in [1.807, 2.05) is 0 Å². The Morgan fingerprint density at radius 1 is 1.11 bits per heavy atom. The van der Waals surface area contributed by atoms with Crippen molar-refractivity contribution in [1.82, 2.24) is 0 Å². The Morgan fingerprint density at radius 3 is 2.32 bits per heavy atom. The zero-order chi connectivity index (χ0) is 14.5. The van der Waals surface area contributed by atoms with Gasteiger partial charge in [0.05, 0.1) is 6.10 Å². The van der Waals surface area contributed by atoms with E-state index >= 15 is 0 Å². The van der Waals surface area contributed by atoms with Gasteiger partial charge < -0.3 is 9.47 Å². The van der Waals surface area contributed by atoms with Crippen LogP contribution in [0.3, 0.4) is 0 Å². The lowest BCUT2D eigenvalue weighted by Gasteiger charge is -2.47. The van der Waals surface area contributed by atoms with Gasteiger partial charge in [-0.25, -0.2) is 0 Å². The molecule has 0 aromatic rings. The Bertz CT molecular complexity index is 334. The summed E-state index contributed by atoms with van der Waals surface area (Å²) < 4.78 is 12.7. The van der Waals surface area contributed by atoms with Crippen molar-refractivity contribution in [2.45, 2.75) is 91.6 Å². The molecule has 2 aliphatic rings. The van der Waals surface area contributed by atoms with E-state index in [4.69, 9.17) is 9.47 Å². The van der Waals surface area contributed by atoms with Crippen LogP contribution in [-0.4, -0.2) is 17.5 Å². The molecule has 1 saturated heterocycles. The maximum absolute atomic E-state index is 6.40. The zero-order valence-electron chi connectivity index (χ0n) is 13.9. The summed E-state index contributed by atoms with van der Waals surface area (Å²) in [5.41, 5.74) is 0.00245. The van der Waals surface area contributed by atoms with Crippen LogP contribution in [0, 0.1) is 17.3 Å². The topological polar surface area (TPSA) is 18.5 Å². The second kappa shape index (κ2) is 4.73. The highest BCUT2D eigenvalue weighted by atomic mass is 16.8. The largest absolute Gasteiger partial charge is 0.344 e. The summed E-state index contributed by atoms with van der Waals surface area (Å²) in [4.78, 5) is 0. The Kier molecular flexibility index (Phi) is 3.81. The lowest BCUT2D eigenvalue weighted by molar-refractivity contribution is -0.182. The van der Waals surface area contributed by atoms with Gasteiger partial charge in [0.1, 0.15) is 5.60 Å². The van der Waals surface area contributed by atoms with Crippen molar-refractivity contribution in [1.29, 1.82) is 0 Å². The van der Waals surface area contributed by atoms with Gasteiger partial charge in [0, 0.05) is 0 Å². The predicted octanol–water partition coefficient (Wildman–Crippen LogP) is 4.77. The van der Waals surface area contributed by atoms with Crippen molar-refractivity contribution in [3.63, 3.8) is 0 Å². The van der Waals surface area contributed by atoms with Crippen LogP contribution in [0.15, 0.2) is 0 Å². The highest BCUT2D eigenvalue weighted by molar-refractivity contribution is 5.04. The first-order valence-electron chi connectivity index (χ1n) is 7.99. The third-order valence-electron chi connectivity index (χ3n) is 5.91. The van der Waals surface area contributed by atoms with E-state index in [0.29, 0.717) is 0 Å². The standard InChI is InChI=1S/C17H32O2/c1-8-13-11-14-17(7,19-16(5,6)18-14)15(3,4)10-9-12(13)2/h12-14H,8-11H2,1-7H3/t12-,13+,14+,17+/m1/s1. The molecule has 0 radical (unpaired) electrons. The fraction of sp³-hybridized carbons (Fsp3) is 1.00. The number of hydrogen-bond donors (Lipinski definition) is 0. The maximum Gasteiger partial charge on any atom is 0.164 e. The van der Waals surface area contributed by atoms with Crippen LogP contribution in [-0.2, 0) is 9.47 Å². The maximum atomic E-state index is 6.40. The van der Waals surface area contributed by atoms with Crippen LogP contribution in [0.25, 0.3) is 0 Å². The summed E-state index contributed by atoms with van der Waals surface area (Å²) >= 11 is 0. The fourth-order valence-electron chi connectivity index (χ4n) is 4.05. The van der Waals surface area contributed by atoms with Crippen molar-refractivity contribution < 1.29 is 9.47 Å². The van der Waals surface area contributed by atoms with Gasteiger partial charge >= 0.3 is 0 Å². The lowest BCUT2D eigenvalue weighted by Crippen LogP contribution is -2.52. The van der Waals surface area contributed by atoms with E-state index < -0.39 is 5.79 Å². The molecule has 0 aromatic heterocycles. The first kappa shape index (κ1) is 15.3. The molecular weight excluding hydrogens is 236 g/mol. The molecule has 2 rings (SSSR count). The third-order valence-corrected chi connectivity index (χ3v) is 5.91. The molecule has 1 heterocycles. The molecule has 2 fully saturated rings. The molecule has 1 saturated carbocycles. The van der Waals surface area contributed by atoms with E-state index in [0.717, 1.165) is 18.3 Å². The summed E-state index contributed by atoms with van der Waals surface area (Å²) in [6, 6.07) is 0. The smallest absolute Gasteiger partial charge is 0.164 e. The molecule has 0 unspecified atom stereocenters. The van der Waals surface area contributed by atoms with E-state index in [1.165, 1.54) is 19.3 Å². The second-order valence-electron chi connectivity index (χ2n) is 8.02. The van der Waals surface area contributed by atoms with E-state index in [1.54, 1.807) is 0 Å². The predicted molar refractivity (Wildman–Crippen MR) is 79.0 cm³/mol. The summed E-state index contributed by atoms with van der Waals surface area (Å²) in [5, 5.41) is 0. The van der Waals surface area contributed by atoms with Crippen LogP contribution in [0.5, 0.6) is 0 Å². The molecule has 0 spiro atoms. The molecule has 0 N–H and O–H groups in total. The molecular formula is C17H32O2. The van der Waals surface area contributed by atoms with Crippen LogP contribution in [0.1, 0.15) is 74.1 Å². The Balaban J connectivity index is 2.33. The normalized spacial score (nSPS) is 45.3. The highest BCUT2D eigenvalue weighted by Gasteiger charge is 2.58. The quantitative estimate of drug-likeness (QED) is 0.682. The van der Waals surface area contributed by atoms with Gasteiger partial charge in [0.2, 0.25) is 0 Å². The van der Waals surface area contributed by atoms with Gasteiger partial charge in [-0.3, -0.25) is 0 Å². The average molecular weight is 268 g/mol. The van der Waals surface area contributed by atoms with E-state index in [2.05, 4.69) is 48.5 Å². The van der Waals surface area contributed by atoms with Crippen LogP contribution in [0.2, 0.25) is 0 Å². The molecule has 0 aromatic carbocycles. The van der Waals surface area contributed by atoms with Crippen molar-refractivity contribution in [2.75, 3.05) is 0 Å². The summed E-state index contributed by atoms with van der Waals surface area (Å²) in [6.07, 6.45) is 5.14. The van der Waals surface area contributed by atoms with Crippen LogP contribution in [0.4, 0.5) is 0 Å². The first-order valence-corrected chi connectivity index (χ1v) is 7.99. The van der Waals surface area contributed by atoms with Gasteiger partial charge in [0.15, 0.2) is 5.79 Å². The molecule has 1 aliphatic carbocycles. The molecule has 0 amide bonds. The SMILES string of the molecule is CC[C@H]1C[C@@H]2OC(C)(C)O[C@]2(C)C(C)(C)CC[C@H]1C. The molecule has 112 valence electrons. The summed E-state index contributed by atoms with van der Waals surface area (Å²) in [7, 11) is 0.